The van der Waals surface area contributed by atoms with E-state index in [1.807, 2.05) is 37.3 Å². The molecule has 7 heteroatoms. The largest absolute Gasteiger partial charge is 0.383 e. The van der Waals surface area contributed by atoms with Crippen molar-refractivity contribution in [3.05, 3.63) is 35.9 Å². The first-order valence-electron chi connectivity index (χ1n) is 7.08. The normalized spacial score (nSPS) is 10.5. The van der Waals surface area contributed by atoms with E-state index in [0.717, 1.165) is 12.1 Å². The fourth-order valence-electron chi connectivity index (χ4n) is 1.62. The van der Waals surface area contributed by atoms with Gasteiger partial charge in [0.25, 0.3) is 0 Å². The van der Waals surface area contributed by atoms with Gasteiger partial charge in [-0.1, -0.05) is 30.3 Å². The number of aliphatic imine (C=N–C) groups is 1. The van der Waals surface area contributed by atoms with E-state index in [-0.39, 0.29) is 36.4 Å². The molecule has 0 heterocycles. The first-order valence-corrected chi connectivity index (χ1v) is 7.08. The molecule has 1 amide bonds. The Balaban J connectivity index is 0.00000441. The van der Waals surface area contributed by atoms with Gasteiger partial charge in [0, 0.05) is 26.7 Å². The molecule has 0 radical (unpaired) electrons. The van der Waals surface area contributed by atoms with E-state index in [1.54, 1.807) is 7.11 Å². The average molecular weight is 420 g/mol. The molecule has 3 N–H and O–H groups in total. The number of benzene rings is 1. The summed E-state index contributed by atoms with van der Waals surface area (Å²) in [6.07, 6.45) is 0. The number of halogens is 1. The Kier molecular flexibility index (Phi) is 12.5. The molecule has 22 heavy (non-hydrogen) atoms. The van der Waals surface area contributed by atoms with Crippen LogP contribution < -0.4 is 16.0 Å². The smallest absolute Gasteiger partial charge is 0.242 e. The van der Waals surface area contributed by atoms with Gasteiger partial charge in [-0.2, -0.15) is 0 Å². The zero-order chi connectivity index (χ0) is 15.3. The quantitative estimate of drug-likeness (QED) is 0.255. The van der Waals surface area contributed by atoms with Crippen LogP contribution in [0.25, 0.3) is 0 Å². The molecule has 124 valence electrons. The van der Waals surface area contributed by atoms with Gasteiger partial charge in [-0.15, -0.1) is 24.0 Å². The first-order chi connectivity index (χ1) is 10.3. The van der Waals surface area contributed by atoms with Gasteiger partial charge in [0.2, 0.25) is 5.91 Å². The van der Waals surface area contributed by atoms with Gasteiger partial charge in [-0.3, -0.25) is 4.79 Å². The predicted molar refractivity (Wildman–Crippen MR) is 99.6 cm³/mol. The molecular weight excluding hydrogens is 395 g/mol. The van der Waals surface area contributed by atoms with Crippen LogP contribution in [0.2, 0.25) is 0 Å². The summed E-state index contributed by atoms with van der Waals surface area (Å²) in [6, 6.07) is 9.79. The number of methoxy groups -OCH3 is 1. The van der Waals surface area contributed by atoms with E-state index in [1.165, 1.54) is 0 Å². The van der Waals surface area contributed by atoms with Crippen molar-refractivity contribution < 1.29 is 9.53 Å². The second-order valence-electron chi connectivity index (χ2n) is 4.38. The summed E-state index contributed by atoms with van der Waals surface area (Å²) in [5, 5.41) is 9.00. The molecule has 0 aliphatic heterocycles. The SMILES string of the molecule is CCNC(=NCC(=O)NCc1ccccc1)NCCOC.I. The van der Waals surface area contributed by atoms with Crippen LogP contribution >= 0.6 is 24.0 Å². The Hall–Kier alpha value is -1.35. The van der Waals surface area contributed by atoms with Crippen molar-refractivity contribution in [2.75, 3.05) is 33.4 Å². The van der Waals surface area contributed by atoms with Gasteiger partial charge >= 0.3 is 0 Å². The van der Waals surface area contributed by atoms with Gasteiger partial charge < -0.3 is 20.7 Å². The van der Waals surface area contributed by atoms with Crippen LogP contribution in [-0.2, 0) is 16.1 Å². The minimum absolute atomic E-state index is 0. The highest BCUT2D eigenvalue weighted by atomic mass is 127. The minimum atomic E-state index is -0.109. The Morgan fingerprint density at radius 3 is 2.55 bits per heavy atom. The minimum Gasteiger partial charge on any atom is -0.383 e. The monoisotopic (exact) mass is 420 g/mol. The highest BCUT2D eigenvalue weighted by Gasteiger charge is 2.02. The van der Waals surface area contributed by atoms with Crippen LogP contribution in [0.5, 0.6) is 0 Å². The van der Waals surface area contributed by atoms with Gasteiger partial charge in [-0.05, 0) is 12.5 Å². The molecule has 0 aliphatic rings. The van der Waals surface area contributed by atoms with E-state index >= 15 is 0 Å². The molecule has 1 aromatic rings. The Morgan fingerprint density at radius 1 is 1.18 bits per heavy atom. The maximum atomic E-state index is 11.8. The highest BCUT2D eigenvalue weighted by Crippen LogP contribution is 1.96. The predicted octanol–water partition coefficient (Wildman–Crippen LogP) is 1.12. The van der Waals surface area contributed by atoms with Crippen LogP contribution in [0.15, 0.2) is 35.3 Å². The van der Waals surface area contributed by atoms with E-state index in [9.17, 15) is 4.79 Å². The van der Waals surface area contributed by atoms with Gasteiger partial charge in [0.05, 0.1) is 6.61 Å². The molecule has 0 saturated carbocycles. The number of hydrogen-bond donors (Lipinski definition) is 3. The zero-order valence-corrected chi connectivity index (χ0v) is 15.4. The fourth-order valence-corrected chi connectivity index (χ4v) is 1.62. The van der Waals surface area contributed by atoms with Crippen LogP contribution in [0, 0.1) is 0 Å². The molecule has 1 rings (SSSR count). The summed E-state index contributed by atoms with van der Waals surface area (Å²) in [5.74, 6) is 0.507. The number of amides is 1. The molecule has 0 bridgehead atoms. The van der Waals surface area contributed by atoms with E-state index in [2.05, 4.69) is 20.9 Å². The number of hydrogen-bond acceptors (Lipinski definition) is 3. The number of carbonyl (C=O) groups excluding carboxylic acids is 1. The Morgan fingerprint density at radius 2 is 1.91 bits per heavy atom. The number of nitrogens with one attached hydrogen (secondary N) is 3. The van der Waals surface area contributed by atoms with E-state index in [0.29, 0.717) is 25.7 Å². The maximum absolute atomic E-state index is 11.8. The fraction of sp³-hybridized carbons (Fsp3) is 0.467. The molecule has 0 unspecified atom stereocenters. The van der Waals surface area contributed by atoms with Crippen LogP contribution in [0.1, 0.15) is 12.5 Å². The summed E-state index contributed by atoms with van der Waals surface area (Å²) in [7, 11) is 1.64. The Labute approximate surface area is 149 Å². The lowest BCUT2D eigenvalue weighted by Crippen LogP contribution is -2.39. The second kappa shape index (κ2) is 13.3. The number of carbonyl (C=O) groups is 1. The van der Waals surface area contributed by atoms with Crippen molar-refractivity contribution in [2.24, 2.45) is 4.99 Å². The van der Waals surface area contributed by atoms with Crippen molar-refractivity contribution >= 4 is 35.8 Å². The number of ether oxygens (including phenoxy) is 1. The third-order valence-electron chi connectivity index (χ3n) is 2.66. The molecule has 0 aliphatic carbocycles. The Bertz CT molecular complexity index is 440. The number of guanidine groups is 1. The van der Waals surface area contributed by atoms with Gasteiger partial charge in [-0.25, -0.2) is 4.99 Å². The van der Waals surface area contributed by atoms with Gasteiger partial charge in [0.1, 0.15) is 6.54 Å². The second-order valence-corrected chi connectivity index (χ2v) is 4.38. The zero-order valence-electron chi connectivity index (χ0n) is 13.1. The highest BCUT2D eigenvalue weighted by molar-refractivity contribution is 14.0. The lowest BCUT2D eigenvalue weighted by atomic mass is 10.2. The maximum Gasteiger partial charge on any atom is 0.242 e. The summed E-state index contributed by atoms with van der Waals surface area (Å²) < 4.78 is 4.96. The third-order valence-corrected chi connectivity index (χ3v) is 2.66. The van der Waals surface area contributed by atoms with Crippen LogP contribution in [0.4, 0.5) is 0 Å². The summed E-state index contributed by atoms with van der Waals surface area (Å²) >= 11 is 0. The molecule has 0 spiro atoms. The van der Waals surface area contributed by atoms with Crippen molar-refractivity contribution in [1.82, 2.24) is 16.0 Å². The molecule has 6 nitrogen and oxygen atoms in total. The van der Waals surface area contributed by atoms with Crippen molar-refractivity contribution in [3.63, 3.8) is 0 Å². The topological polar surface area (TPSA) is 74.8 Å². The molecule has 0 saturated heterocycles. The van der Waals surface area contributed by atoms with E-state index in [4.69, 9.17) is 4.74 Å². The molecule has 0 atom stereocenters. The van der Waals surface area contributed by atoms with Crippen molar-refractivity contribution in [1.29, 1.82) is 0 Å². The van der Waals surface area contributed by atoms with Crippen molar-refractivity contribution in [3.8, 4) is 0 Å². The average Bonchev–Trinajstić information content (AvgIpc) is 2.52. The van der Waals surface area contributed by atoms with Crippen molar-refractivity contribution in [2.45, 2.75) is 13.5 Å². The summed E-state index contributed by atoms with van der Waals surface area (Å²) in [4.78, 5) is 16.0. The molecule has 1 aromatic carbocycles. The third kappa shape index (κ3) is 9.56. The lowest BCUT2D eigenvalue weighted by Gasteiger charge is -2.10. The number of rotatable bonds is 8. The lowest BCUT2D eigenvalue weighted by molar-refractivity contribution is -0.119. The van der Waals surface area contributed by atoms with Gasteiger partial charge in [0.15, 0.2) is 5.96 Å². The molecule has 0 fully saturated rings. The van der Waals surface area contributed by atoms with E-state index < -0.39 is 0 Å². The number of nitrogens with zero attached hydrogens (tertiary/aromatic N) is 1. The standard InChI is InChI=1S/C15H24N4O2.HI/c1-3-16-15(17-9-10-21-2)19-12-14(20)18-11-13-7-5-4-6-8-13;/h4-8H,3,9-12H2,1-2H3,(H,18,20)(H2,16,17,19);1H. The van der Waals surface area contributed by atoms with Crippen LogP contribution in [0.3, 0.4) is 0 Å². The summed E-state index contributed by atoms with van der Waals surface area (Å²) in [6.45, 7) is 4.56. The first kappa shape index (κ1) is 20.6. The van der Waals surface area contributed by atoms with Crippen LogP contribution in [-0.4, -0.2) is 45.2 Å². The molecular formula is C15H25IN4O2. The molecule has 0 aromatic heterocycles. The summed E-state index contributed by atoms with van der Waals surface area (Å²) in [5.41, 5.74) is 1.07.